The highest BCUT2D eigenvalue weighted by Gasteiger charge is 2.29. The van der Waals surface area contributed by atoms with E-state index in [0.29, 0.717) is 38.6 Å². The van der Waals surface area contributed by atoms with Gasteiger partial charge in [0.1, 0.15) is 5.76 Å². The van der Waals surface area contributed by atoms with Crippen LogP contribution >= 0.6 is 0 Å². The second-order valence-corrected chi connectivity index (χ2v) is 6.40. The Balaban J connectivity index is 1.84. The van der Waals surface area contributed by atoms with Crippen LogP contribution in [0.3, 0.4) is 0 Å². The number of piperazine rings is 1. The van der Waals surface area contributed by atoms with Crippen molar-refractivity contribution in [1.82, 2.24) is 15.0 Å². The van der Waals surface area contributed by atoms with Crippen LogP contribution in [0.25, 0.3) is 0 Å². The number of aryl methyl sites for hydroxylation is 2. The van der Waals surface area contributed by atoms with Gasteiger partial charge in [-0.3, -0.25) is 9.69 Å². The summed E-state index contributed by atoms with van der Waals surface area (Å²) in [4.78, 5) is 16.8. The molecule has 0 unspecified atom stereocenters. The maximum atomic E-state index is 12.7. The predicted octanol–water partition coefficient (Wildman–Crippen LogP) is 0.937. The van der Waals surface area contributed by atoms with E-state index >= 15 is 0 Å². The summed E-state index contributed by atoms with van der Waals surface area (Å²) < 4.78 is 10.4. The SMILES string of the molecule is CCOC[C@@H](O)CN1CCN(C(=O)[C@H](C)c2c(C)noc2C)CC1. The molecule has 24 heavy (non-hydrogen) atoms. The largest absolute Gasteiger partial charge is 0.389 e. The molecule has 1 aromatic rings. The Hall–Kier alpha value is -1.44. The molecular weight excluding hydrogens is 310 g/mol. The number of hydrogen-bond acceptors (Lipinski definition) is 6. The summed E-state index contributed by atoms with van der Waals surface area (Å²) in [6.45, 7) is 12.0. The van der Waals surface area contributed by atoms with Gasteiger partial charge in [0.15, 0.2) is 0 Å². The molecule has 2 heterocycles. The van der Waals surface area contributed by atoms with Gasteiger partial charge in [-0.1, -0.05) is 5.16 Å². The highest BCUT2D eigenvalue weighted by Crippen LogP contribution is 2.25. The molecule has 7 nitrogen and oxygen atoms in total. The lowest BCUT2D eigenvalue weighted by Crippen LogP contribution is -2.51. The molecule has 0 aromatic carbocycles. The van der Waals surface area contributed by atoms with E-state index in [2.05, 4.69) is 10.1 Å². The van der Waals surface area contributed by atoms with Gasteiger partial charge in [0.05, 0.1) is 24.3 Å². The van der Waals surface area contributed by atoms with Crippen molar-refractivity contribution in [3.05, 3.63) is 17.0 Å². The third-order valence-electron chi connectivity index (χ3n) is 4.56. The predicted molar refractivity (Wildman–Crippen MR) is 89.9 cm³/mol. The highest BCUT2D eigenvalue weighted by atomic mass is 16.5. The molecule has 0 aliphatic carbocycles. The normalized spacial score (nSPS) is 18.6. The average molecular weight is 339 g/mol. The molecule has 1 N–H and O–H groups in total. The van der Waals surface area contributed by atoms with E-state index in [9.17, 15) is 9.90 Å². The van der Waals surface area contributed by atoms with Crippen LogP contribution in [0.4, 0.5) is 0 Å². The van der Waals surface area contributed by atoms with Crippen LogP contribution in [0.15, 0.2) is 4.52 Å². The zero-order valence-corrected chi connectivity index (χ0v) is 15.1. The van der Waals surface area contributed by atoms with Crippen molar-refractivity contribution in [2.24, 2.45) is 0 Å². The zero-order chi connectivity index (χ0) is 17.7. The van der Waals surface area contributed by atoms with E-state index in [1.54, 1.807) is 0 Å². The lowest BCUT2D eigenvalue weighted by atomic mass is 9.97. The number of hydrogen-bond donors (Lipinski definition) is 1. The molecule has 0 bridgehead atoms. The van der Waals surface area contributed by atoms with Crippen molar-refractivity contribution in [2.45, 2.75) is 39.7 Å². The quantitative estimate of drug-likeness (QED) is 0.796. The second kappa shape index (κ2) is 8.60. The number of rotatable bonds is 7. The van der Waals surface area contributed by atoms with E-state index < -0.39 is 6.10 Å². The van der Waals surface area contributed by atoms with Gasteiger partial charge < -0.3 is 19.3 Å². The maximum absolute atomic E-state index is 12.7. The van der Waals surface area contributed by atoms with Crippen LogP contribution in [0.1, 0.15) is 36.8 Å². The van der Waals surface area contributed by atoms with Gasteiger partial charge in [-0.15, -0.1) is 0 Å². The van der Waals surface area contributed by atoms with E-state index in [4.69, 9.17) is 9.26 Å². The number of nitrogens with zero attached hydrogens (tertiary/aromatic N) is 3. The molecule has 1 amide bonds. The molecule has 0 radical (unpaired) electrons. The Bertz CT molecular complexity index is 518. The van der Waals surface area contributed by atoms with Crippen molar-refractivity contribution >= 4 is 5.91 Å². The summed E-state index contributed by atoms with van der Waals surface area (Å²) >= 11 is 0. The number of carbonyl (C=O) groups is 1. The standard InChI is InChI=1S/C17H29N3O4/c1-5-23-11-15(21)10-19-6-8-20(9-7-19)17(22)12(2)16-13(3)18-24-14(16)4/h12,15,21H,5-11H2,1-4H3/t12-,15+/m1/s1. The number of ether oxygens (including phenoxy) is 1. The summed E-state index contributed by atoms with van der Waals surface area (Å²) in [5.74, 6) is 0.580. The number of β-amino-alcohol motifs (C(OH)–C–C–N with tert-alkyl or cyclic N) is 1. The van der Waals surface area contributed by atoms with Crippen molar-refractivity contribution in [3.8, 4) is 0 Å². The fourth-order valence-electron chi connectivity index (χ4n) is 3.26. The smallest absolute Gasteiger partial charge is 0.230 e. The lowest BCUT2D eigenvalue weighted by Gasteiger charge is -2.36. The number of carbonyl (C=O) groups excluding carboxylic acids is 1. The molecule has 7 heteroatoms. The Labute approximate surface area is 143 Å². The topological polar surface area (TPSA) is 79.0 Å². The Morgan fingerprint density at radius 3 is 2.54 bits per heavy atom. The van der Waals surface area contributed by atoms with Crippen molar-refractivity contribution in [1.29, 1.82) is 0 Å². The third-order valence-corrected chi connectivity index (χ3v) is 4.56. The van der Waals surface area contributed by atoms with E-state index in [1.807, 2.05) is 32.6 Å². The third kappa shape index (κ3) is 4.55. The number of amides is 1. The van der Waals surface area contributed by atoms with Crippen LogP contribution in [-0.2, 0) is 9.53 Å². The van der Waals surface area contributed by atoms with Gasteiger partial charge in [0.2, 0.25) is 5.91 Å². The minimum atomic E-state index is -0.478. The number of aromatic nitrogens is 1. The molecule has 1 aromatic heterocycles. The van der Waals surface area contributed by atoms with E-state index in [1.165, 1.54) is 0 Å². The summed E-state index contributed by atoms with van der Waals surface area (Å²) in [6, 6.07) is 0. The Morgan fingerprint density at radius 1 is 1.33 bits per heavy atom. The molecule has 2 atom stereocenters. The van der Waals surface area contributed by atoms with Crippen LogP contribution in [0.2, 0.25) is 0 Å². The first-order valence-corrected chi connectivity index (χ1v) is 8.63. The number of aliphatic hydroxyl groups excluding tert-OH is 1. The number of aliphatic hydroxyl groups is 1. The fourth-order valence-corrected chi connectivity index (χ4v) is 3.26. The summed E-state index contributed by atoms with van der Waals surface area (Å²) in [6.07, 6.45) is -0.478. The first kappa shape index (κ1) is 18.9. The second-order valence-electron chi connectivity index (χ2n) is 6.40. The average Bonchev–Trinajstić information content (AvgIpc) is 2.91. The molecule has 1 aliphatic heterocycles. The van der Waals surface area contributed by atoms with Gasteiger partial charge in [-0.25, -0.2) is 0 Å². The molecule has 136 valence electrons. The molecule has 0 saturated carbocycles. The maximum Gasteiger partial charge on any atom is 0.230 e. The molecule has 1 fully saturated rings. The highest BCUT2D eigenvalue weighted by molar-refractivity contribution is 5.84. The summed E-state index contributed by atoms with van der Waals surface area (Å²) in [7, 11) is 0. The van der Waals surface area contributed by atoms with Crippen LogP contribution in [0, 0.1) is 13.8 Å². The Morgan fingerprint density at radius 2 is 2.00 bits per heavy atom. The molecule has 1 saturated heterocycles. The van der Waals surface area contributed by atoms with Crippen LogP contribution in [-0.4, -0.2) is 78.0 Å². The summed E-state index contributed by atoms with van der Waals surface area (Å²) in [5.41, 5.74) is 1.68. The van der Waals surface area contributed by atoms with Crippen LogP contribution in [0.5, 0.6) is 0 Å². The van der Waals surface area contributed by atoms with E-state index in [-0.39, 0.29) is 11.8 Å². The minimum Gasteiger partial charge on any atom is -0.389 e. The van der Waals surface area contributed by atoms with Gasteiger partial charge in [-0.05, 0) is 27.7 Å². The molecule has 0 spiro atoms. The molecule has 1 aliphatic rings. The Kier molecular flexibility index (Phi) is 6.77. The molecular formula is C17H29N3O4. The minimum absolute atomic E-state index is 0.110. The fraction of sp³-hybridized carbons (Fsp3) is 0.765. The lowest BCUT2D eigenvalue weighted by molar-refractivity contribution is -0.134. The van der Waals surface area contributed by atoms with Gasteiger partial charge in [0.25, 0.3) is 0 Å². The first-order valence-electron chi connectivity index (χ1n) is 8.63. The van der Waals surface area contributed by atoms with Gasteiger partial charge in [-0.2, -0.15) is 0 Å². The van der Waals surface area contributed by atoms with Crippen LogP contribution < -0.4 is 0 Å². The van der Waals surface area contributed by atoms with Gasteiger partial charge >= 0.3 is 0 Å². The van der Waals surface area contributed by atoms with Crippen molar-refractivity contribution in [2.75, 3.05) is 45.9 Å². The molecule has 2 rings (SSSR count). The van der Waals surface area contributed by atoms with Crippen molar-refractivity contribution < 1.29 is 19.2 Å². The first-order chi connectivity index (χ1) is 11.4. The zero-order valence-electron chi connectivity index (χ0n) is 15.1. The van der Waals surface area contributed by atoms with E-state index in [0.717, 1.165) is 24.3 Å². The van der Waals surface area contributed by atoms with Crippen molar-refractivity contribution in [3.63, 3.8) is 0 Å². The monoisotopic (exact) mass is 339 g/mol. The summed E-state index contributed by atoms with van der Waals surface area (Å²) in [5, 5.41) is 13.9. The van der Waals surface area contributed by atoms with Gasteiger partial charge in [0, 0.05) is 44.9 Å².